The van der Waals surface area contributed by atoms with Crippen LogP contribution in [0.3, 0.4) is 0 Å². The molecule has 0 unspecified atom stereocenters. The van der Waals surface area contributed by atoms with Gasteiger partial charge in [-0.15, -0.1) is 11.3 Å². The van der Waals surface area contributed by atoms with E-state index in [0.717, 1.165) is 29.7 Å². The van der Waals surface area contributed by atoms with E-state index in [9.17, 15) is 9.59 Å². The van der Waals surface area contributed by atoms with E-state index in [2.05, 4.69) is 17.6 Å². The zero-order valence-electron chi connectivity index (χ0n) is 15.0. The zero-order chi connectivity index (χ0) is 19.6. The fourth-order valence-corrected chi connectivity index (χ4v) is 4.79. The molecule has 1 aromatic heterocycles. The monoisotopic (exact) mass is 426 g/mol. The molecule has 27 heavy (non-hydrogen) atoms. The summed E-state index contributed by atoms with van der Waals surface area (Å²) >= 11 is 13.3. The lowest BCUT2D eigenvalue weighted by Crippen LogP contribution is -2.21. The van der Waals surface area contributed by atoms with Gasteiger partial charge in [-0.25, -0.2) is 9.59 Å². The van der Waals surface area contributed by atoms with Crippen LogP contribution in [0.15, 0.2) is 18.2 Å². The molecule has 1 aliphatic rings. The highest BCUT2D eigenvalue weighted by Gasteiger charge is 2.29. The first-order valence-electron chi connectivity index (χ1n) is 8.73. The third-order valence-corrected chi connectivity index (χ3v) is 6.30. The van der Waals surface area contributed by atoms with Gasteiger partial charge in [0.1, 0.15) is 5.00 Å². The van der Waals surface area contributed by atoms with Crippen molar-refractivity contribution in [1.29, 1.82) is 0 Å². The van der Waals surface area contributed by atoms with Crippen LogP contribution in [0.5, 0.6) is 0 Å². The average molecular weight is 427 g/mol. The van der Waals surface area contributed by atoms with Crippen LogP contribution < -0.4 is 10.6 Å². The second-order valence-corrected chi connectivity index (χ2v) is 8.40. The van der Waals surface area contributed by atoms with Gasteiger partial charge in [0.2, 0.25) is 0 Å². The van der Waals surface area contributed by atoms with Gasteiger partial charge in [0.15, 0.2) is 0 Å². The Morgan fingerprint density at radius 1 is 1.26 bits per heavy atom. The van der Waals surface area contributed by atoms with Gasteiger partial charge in [0.25, 0.3) is 0 Å². The van der Waals surface area contributed by atoms with Crippen molar-refractivity contribution in [2.75, 3.05) is 17.2 Å². The van der Waals surface area contributed by atoms with Gasteiger partial charge >= 0.3 is 12.0 Å². The van der Waals surface area contributed by atoms with Gasteiger partial charge in [-0.1, -0.05) is 30.1 Å². The standard InChI is InChI=1S/C19H20Cl2N2O3S/c1-3-26-18(24)16-12-6-4-10(2)8-15(12)27-17(16)23-19(25)22-11-5-7-13(20)14(21)9-11/h5,7,9-10H,3-4,6,8H2,1-2H3,(H2,22,23,25)/t10-/m1/s1. The Hall–Kier alpha value is -1.76. The van der Waals surface area contributed by atoms with Gasteiger partial charge < -0.3 is 10.1 Å². The van der Waals surface area contributed by atoms with Crippen molar-refractivity contribution in [3.05, 3.63) is 44.2 Å². The number of benzene rings is 1. The number of hydrogen-bond acceptors (Lipinski definition) is 4. The topological polar surface area (TPSA) is 67.4 Å². The predicted molar refractivity (Wildman–Crippen MR) is 111 cm³/mol. The Morgan fingerprint density at radius 3 is 2.74 bits per heavy atom. The van der Waals surface area contributed by atoms with E-state index in [1.54, 1.807) is 25.1 Å². The van der Waals surface area contributed by atoms with E-state index in [0.29, 0.717) is 32.2 Å². The first-order valence-corrected chi connectivity index (χ1v) is 10.3. The smallest absolute Gasteiger partial charge is 0.341 e. The Morgan fingerprint density at radius 2 is 2.04 bits per heavy atom. The SMILES string of the molecule is CCOC(=O)c1c(NC(=O)Nc2ccc(Cl)c(Cl)c2)sc2c1CC[C@@H](C)C2. The van der Waals surface area contributed by atoms with Crippen molar-refractivity contribution >= 4 is 57.2 Å². The van der Waals surface area contributed by atoms with Crippen molar-refractivity contribution in [1.82, 2.24) is 0 Å². The van der Waals surface area contributed by atoms with Crippen LogP contribution in [-0.4, -0.2) is 18.6 Å². The summed E-state index contributed by atoms with van der Waals surface area (Å²) in [6, 6.07) is 4.37. The molecule has 2 amide bonds. The van der Waals surface area contributed by atoms with E-state index in [4.69, 9.17) is 27.9 Å². The molecule has 0 spiro atoms. The molecule has 0 saturated heterocycles. The van der Waals surface area contributed by atoms with E-state index in [-0.39, 0.29) is 6.61 Å². The average Bonchev–Trinajstić information content (AvgIpc) is 2.95. The summed E-state index contributed by atoms with van der Waals surface area (Å²) in [5.74, 6) is 0.165. The minimum Gasteiger partial charge on any atom is -0.462 e. The Labute approximate surface area is 172 Å². The lowest BCUT2D eigenvalue weighted by atomic mass is 9.88. The highest BCUT2D eigenvalue weighted by atomic mass is 35.5. The van der Waals surface area contributed by atoms with Crippen LogP contribution in [0, 0.1) is 5.92 Å². The lowest BCUT2D eigenvalue weighted by Gasteiger charge is -2.18. The van der Waals surface area contributed by atoms with E-state index in [1.807, 2.05) is 0 Å². The predicted octanol–water partition coefficient (Wildman–Crippen LogP) is 6.00. The van der Waals surface area contributed by atoms with Crippen LogP contribution in [0.1, 0.15) is 41.1 Å². The van der Waals surface area contributed by atoms with Crippen molar-refractivity contribution in [3.63, 3.8) is 0 Å². The first kappa shape index (κ1) is 20.0. The van der Waals surface area contributed by atoms with E-state index < -0.39 is 12.0 Å². The molecular formula is C19H20Cl2N2O3S. The Balaban J connectivity index is 1.83. The summed E-state index contributed by atoms with van der Waals surface area (Å²) in [5, 5.41) is 6.78. The fraction of sp³-hybridized carbons (Fsp3) is 0.368. The summed E-state index contributed by atoms with van der Waals surface area (Å²) in [6.07, 6.45) is 2.74. The van der Waals surface area contributed by atoms with Crippen LogP contribution in [0.2, 0.25) is 10.0 Å². The highest BCUT2D eigenvalue weighted by Crippen LogP contribution is 2.40. The summed E-state index contributed by atoms with van der Waals surface area (Å²) in [4.78, 5) is 26.1. The molecule has 2 N–H and O–H groups in total. The number of nitrogens with one attached hydrogen (secondary N) is 2. The van der Waals surface area contributed by atoms with Gasteiger partial charge in [0.05, 0.1) is 22.2 Å². The molecule has 0 fully saturated rings. The molecule has 5 nitrogen and oxygen atoms in total. The Bertz CT molecular complexity index is 882. The number of ether oxygens (including phenoxy) is 1. The molecule has 3 rings (SSSR count). The van der Waals surface area contributed by atoms with Crippen LogP contribution in [0.4, 0.5) is 15.5 Å². The fourth-order valence-electron chi connectivity index (χ4n) is 3.10. The summed E-state index contributed by atoms with van der Waals surface area (Å²) in [6.45, 7) is 4.24. The number of carbonyl (C=O) groups is 2. The molecule has 0 bridgehead atoms. The minimum absolute atomic E-state index is 0.286. The molecule has 144 valence electrons. The number of rotatable bonds is 4. The maximum Gasteiger partial charge on any atom is 0.341 e. The maximum absolute atomic E-state index is 12.5. The molecular weight excluding hydrogens is 407 g/mol. The number of carbonyl (C=O) groups excluding carboxylic acids is 2. The number of anilines is 2. The molecule has 1 atom stereocenters. The van der Waals surface area contributed by atoms with Crippen molar-refractivity contribution in [2.24, 2.45) is 5.92 Å². The normalized spacial score (nSPS) is 15.8. The lowest BCUT2D eigenvalue weighted by molar-refractivity contribution is 0.0526. The van der Waals surface area contributed by atoms with E-state index in [1.165, 1.54) is 11.3 Å². The molecule has 0 radical (unpaired) electrons. The van der Waals surface area contributed by atoms with Gasteiger partial charge in [-0.2, -0.15) is 0 Å². The minimum atomic E-state index is -0.453. The highest BCUT2D eigenvalue weighted by molar-refractivity contribution is 7.17. The summed E-state index contributed by atoms with van der Waals surface area (Å²) < 4.78 is 5.21. The van der Waals surface area contributed by atoms with Gasteiger partial charge in [-0.3, -0.25) is 5.32 Å². The molecule has 0 aliphatic heterocycles. The molecule has 8 heteroatoms. The molecule has 1 aliphatic carbocycles. The number of urea groups is 1. The largest absolute Gasteiger partial charge is 0.462 e. The maximum atomic E-state index is 12.5. The number of thiophene rings is 1. The first-order chi connectivity index (χ1) is 12.9. The molecule has 2 aromatic rings. The van der Waals surface area contributed by atoms with E-state index >= 15 is 0 Å². The molecule has 0 saturated carbocycles. The van der Waals surface area contributed by atoms with Gasteiger partial charge in [0, 0.05) is 10.6 Å². The number of fused-ring (bicyclic) bond motifs is 1. The van der Waals surface area contributed by atoms with Crippen LogP contribution in [-0.2, 0) is 17.6 Å². The van der Waals surface area contributed by atoms with Crippen molar-refractivity contribution in [3.8, 4) is 0 Å². The van der Waals surface area contributed by atoms with Crippen LogP contribution in [0.25, 0.3) is 0 Å². The number of halogens is 2. The third kappa shape index (κ3) is 4.57. The number of esters is 1. The number of amides is 2. The molecule has 1 heterocycles. The summed E-state index contributed by atoms with van der Waals surface area (Å²) in [7, 11) is 0. The van der Waals surface area contributed by atoms with Crippen molar-refractivity contribution in [2.45, 2.75) is 33.1 Å². The summed E-state index contributed by atoms with van der Waals surface area (Å²) in [5.41, 5.74) is 1.99. The second-order valence-electron chi connectivity index (χ2n) is 6.48. The van der Waals surface area contributed by atoms with Gasteiger partial charge in [-0.05, 0) is 55.9 Å². The van der Waals surface area contributed by atoms with Crippen molar-refractivity contribution < 1.29 is 14.3 Å². The van der Waals surface area contributed by atoms with Crippen LogP contribution >= 0.6 is 34.5 Å². The quantitative estimate of drug-likeness (QED) is 0.588. The third-order valence-electron chi connectivity index (χ3n) is 4.40. The Kier molecular flexibility index (Phi) is 6.29. The second kappa shape index (κ2) is 8.50. The molecule has 1 aromatic carbocycles. The zero-order valence-corrected chi connectivity index (χ0v) is 17.4. The number of hydrogen-bond donors (Lipinski definition) is 2.